The van der Waals surface area contributed by atoms with Crippen molar-refractivity contribution in [3.63, 3.8) is 0 Å². The Hall–Kier alpha value is -3.87. The Kier molecular flexibility index (Phi) is 9.00. The highest BCUT2D eigenvalue weighted by Gasteiger charge is 2.31. The molecule has 0 aromatic heterocycles. The second-order valence-corrected chi connectivity index (χ2v) is 9.68. The summed E-state index contributed by atoms with van der Waals surface area (Å²) in [6.45, 7) is 5.34. The van der Waals surface area contributed by atoms with Crippen LogP contribution in [0.25, 0.3) is 10.8 Å². The first-order valence-electron chi connectivity index (χ1n) is 13.5. The van der Waals surface area contributed by atoms with Crippen LogP contribution in [0, 0.1) is 0 Å². The van der Waals surface area contributed by atoms with E-state index in [-0.39, 0.29) is 24.1 Å². The number of unbranched alkanes of at least 4 members (excludes halogenated alkanes) is 1. The van der Waals surface area contributed by atoms with Crippen molar-refractivity contribution in [2.24, 2.45) is 0 Å². The molecule has 1 aliphatic heterocycles. The summed E-state index contributed by atoms with van der Waals surface area (Å²) in [6.07, 6.45) is 3.12. The largest absolute Gasteiger partial charge is 0.497 e. The third-order valence-electron chi connectivity index (χ3n) is 7.12. The highest BCUT2D eigenvalue weighted by atomic mass is 16.5. The van der Waals surface area contributed by atoms with Gasteiger partial charge in [-0.15, -0.1) is 0 Å². The van der Waals surface area contributed by atoms with Gasteiger partial charge >= 0.3 is 0 Å². The van der Waals surface area contributed by atoms with Crippen molar-refractivity contribution in [1.82, 2.24) is 10.2 Å². The molecular weight excluding hydrogens is 478 g/mol. The quantitative estimate of drug-likeness (QED) is 0.313. The topological polar surface area (TPSA) is 79.0 Å². The van der Waals surface area contributed by atoms with E-state index in [0.29, 0.717) is 43.8 Å². The summed E-state index contributed by atoms with van der Waals surface area (Å²) in [5.41, 5.74) is 2.50. The molecule has 0 aliphatic carbocycles. The number of nitrogens with zero attached hydrogens (tertiary/aromatic N) is 2. The zero-order valence-electron chi connectivity index (χ0n) is 22.5. The highest BCUT2D eigenvalue weighted by molar-refractivity contribution is 6.25. The molecule has 0 saturated carbocycles. The number of hydrogen-bond donors (Lipinski definition) is 1. The zero-order valence-corrected chi connectivity index (χ0v) is 22.5. The lowest BCUT2D eigenvalue weighted by atomic mass is 10.1. The summed E-state index contributed by atoms with van der Waals surface area (Å²) >= 11 is 0. The number of rotatable bonds is 13. The van der Waals surface area contributed by atoms with E-state index in [2.05, 4.69) is 12.2 Å². The lowest BCUT2D eigenvalue weighted by Gasteiger charge is -2.31. The van der Waals surface area contributed by atoms with E-state index in [1.807, 2.05) is 67.6 Å². The van der Waals surface area contributed by atoms with Gasteiger partial charge in [-0.3, -0.25) is 14.4 Å². The fraction of sp³-hybridized carbons (Fsp3) is 0.387. The Bertz CT molecular complexity index is 1300. The number of ether oxygens (including phenoxy) is 1. The van der Waals surface area contributed by atoms with E-state index in [1.165, 1.54) is 0 Å². The molecule has 0 fully saturated rings. The summed E-state index contributed by atoms with van der Waals surface area (Å²) in [5, 5.41) is 5.01. The Morgan fingerprint density at radius 3 is 2.53 bits per heavy atom. The molecule has 1 atom stereocenters. The van der Waals surface area contributed by atoms with E-state index in [1.54, 1.807) is 16.9 Å². The predicted octanol–water partition coefficient (Wildman–Crippen LogP) is 5.31. The van der Waals surface area contributed by atoms with Crippen molar-refractivity contribution in [1.29, 1.82) is 0 Å². The Morgan fingerprint density at radius 2 is 1.79 bits per heavy atom. The average molecular weight is 516 g/mol. The predicted molar refractivity (Wildman–Crippen MR) is 150 cm³/mol. The Morgan fingerprint density at radius 1 is 1.03 bits per heavy atom. The molecule has 3 amide bonds. The van der Waals surface area contributed by atoms with Gasteiger partial charge in [-0.05, 0) is 54.5 Å². The zero-order chi connectivity index (χ0) is 27.1. The normalized spacial score (nSPS) is 13.0. The van der Waals surface area contributed by atoms with E-state index in [9.17, 15) is 14.4 Å². The van der Waals surface area contributed by atoms with Crippen LogP contribution in [-0.4, -0.2) is 48.9 Å². The maximum atomic E-state index is 13.6. The summed E-state index contributed by atoms with van der Waals surface area (Å²) in [7, 11) is 1.61. The van der Waals surface area contributed by atoms with Gasteiger partial charge < -0.3 is 19.9 Å². The summed E-state index contributed by atoms with van der Waals surface area (Å²) in [5.74, 6) is 0.442. The molecule has 0 spiro atoms. The molecule has 3 aromatic carbocycles. The van der Waals surface area contributed by atoms with Gasteiger partial charge in [0.1, 0.15) is 11.8 Å². The Balaban J connectivity index is 1.48. The molecule has 1 aliphatic rings. The summed E-state index contributed by atoms with van der Waals surface area (Å²) < 4.78 is 5.36. The van der Waals surface area contributed by atoms with Crippen molar-refractivity contribution in [2.75, 3.05) is 25.1 Å². The first-order valence-corrected chi connectivity index (χ1v) is 13.5. The van der Waals surface area contributed by atoms with Gasteiger partial charge in [0.2, 0.25) is 11.8 Å². The van der Waals surface area contributed by atoms with Gasteiger partial charge in [0.05, 0.1) is 12.8 Å². The van der Waals surface area contributed by atoms with Gasteiger partial charge in [-0.1, -0.05) is 56.7 Å². The minimum absolute atomic E-state index is 0.0285. The Labute approximate surface area is 224 Å². The van der Waals surface area contributed by atoms with Crippen molar-refractivity contribution in [3.8, 4) is 5.75 Å². The molecule has 1 N–H and O–H groups in total. The highest BCUT2D eigenvalue weighted by Crippen LogP contribution is 2.37. The molecule has 7 nitrogen and oxygen atoms in total. The SMILES string of the molecule is CCCCNC(=O)[C@@H](CC)N(Cc1cccc(OC)c1)C(=O)CCCN1C(=O)c2cccc3cccc1c23. The molecule has 38 heavy (non-hydrogen) atoms. The van der Waals surface area contributed by atoms with E-state index in [0.717, 1.165) is 34.9 Å². The number of amides is 3. The fourth-order valence-corrected chi connectivity index (χ4v) is 5.13. The monoisotopic (exact) mass is 515 g/mol. The van der Waals surface area contributed by atoms with Crippen molar-refractivity contribution < 1.29 is 19.1 Å². The average Bonchev–Trinajstić information content (AvgIpc) is 3.21. The van der Waals surface area contributed by atoms with Crippen molar-refractivity contribution >= 4 is 34.2 Å². The summed E-state index contributed by atoms with van der Waals surface area (Å²) in [6, 6.07) is 18.7. The van der Waals surface area contributed by atoms with Crippen LogP contribution < -0.4 is 15.0 Å². The van der Waals surface area contributed by atoms with Crippen LogP contribution in [0.5, 0.6) is 5.75 Å². The van der Waals surface area contributed by atoms with Crippen LogP contribution in [0.4, 0.5) is 5.69 Å². The van der Waals surface area contributed by atoms with Crippen LogP contribution in [0.15, 0.2) is 60.7 Å². The van der Waals surface area contributed by atoms with Gasteiger partial charge in [0.25, 0.3) is 5.91 Å². The number of anilines is 1. The van der Waals surface area contributed by atoms with Gasteiger partial charge in [-0.25, -0.2) is 0 Å². The third kappa shape index (κ3) is 5.82. The van der Waals surface area contributed by atoms with E-state index < -0.39 is 6.04 Å². The standard InChI is InChI=1S/C31H37N3O4/c1-4-6-18-32-30(36)26(5-2)34(21-22-11-7-14-24(20-22)38-3)28(35)17-10-19-33-27-16-9-13-23-12-8-15-25(29(23)27)31(33)37/h7-9,11-16,20,26H,4-6,10,17-19,21H2,1-3H3,(H,32,36)/t26-/m1/s1. The molecule has 4 rings (SSSR count). The number of hydrogen-bond acceptors (Lipinski definition) is 4. The van der Waals surface area contributed by atoms with Crippen LogP contribution in [-0.2, 0) is 16.1 Å². The first-order chi connectivity index (χ1) is 18.5. The number of carbonyl (C=O) groups excluding carboxylic acids is 3. The molecule has 0 unspecified atom stereocenters. The fourth-order valence-electron chi connectivity index (χ4n) is 5.13. The number of carbonyl (C=O) groups is 3. The number of methoxy groups -OCH3 is 1. The van der Waals surface area contributed by atoms with Crippen LogP contribution >= 0.6 is 0 Å². The third-order valence-corrected chi connectivity index (χ3v) is 7.12. The second kappa shape index (κ2) is 12.6. The van der Waals surface area contributed by atoms with E-state index in [4.69, 9.17) is 4.74 Å². The first kappa shape index (κ1) is 27.2. The maximum Gasteiger partial charge on any atom is 0.258 e. The molecule has 1 heterocycles. The van der Waals surface area contributed by atoms with Crippen molar-refractivity contribution in [3.05, 3.63) is 71.8 Å². The van der Waals surface area contributed by atoms with Gasteiger partial charge in [-0.2, -0.15) is 0 Å². The van der Waals surface area contributed by atoms with Crippen LogP contribution in [0.2, 0.25) is 0 Å². The molecule has 0 saturated heterocycles. The second-order valence-electron chi connectivity index (χ2n) is 9.68. The lowest BCUT2D eigenvalue weighted by molar-refractivity contribution is -0.141. The minimum Gasteiger partial charge on any atom is -0.497 e. The summed E-state index contributed by atoms with van der Waals surface area (Å²) in [4.78, 5) is 43.3. The molecule has 0 radical (unpaired) electrons. The molecule has 0 bridgehead atoms. The maximum absolute atomic E-state index is 13.6. The van der Waals surface area contributed by atoms with Crippen LogP contribution in [0.3, 0.4) is 0 Å². The minimum atomic E-state index is -0.572. The number of benzene rings is 3. The molecule has 3 aromatic rings. The molecular formula is C31H37N3O4. The molecule has 7 heteroatoms. The van der Waals surface area contributed by atoms with Gasteiger partial charge in [0.15, 0.2) is 0 Å². The van der Waals surface area contributed by atoms with Crippen molar-refractivity contribution in [2.45, 2.75) is 58.5 Å². The van der Waals surface area contributed by atoms with E-state index >= 15 is 0 Å². The van der Waals surface area contributed by atoms with Gasteiger partial charge in [0, 0.05) is 37.0 Å². The van der Waals surface area contributed by atoms with Crippen LogP contribution in [0.1, 0.15) is 61.9 Å². The number of nitrogens with one attached hydrogen (secondary N) is 1. The smallest absolute Gasteiger partial charge is 0.258 e. The lowest BCUT2D eigenvalue weighted by Crippen LogP contribution is -2.49. The molecule has 200 valence electrons.